The third kappa shape index (κ3) is 7.30. The SMILES string of the molecule is COCCC(C)(C)CNCC(C)CO. The highest BCUT2D eigenvalue weighted by atomic mass is 16.5. The van der Waals surface area contributed by atoms with Gasteiger partial charge in [-0.25, -0.2) is 0 Å². The molecule has 0 radical (unpaired) electrons. The molecule has 0 aliphatic carbocycles. The smallest absolute Gasteiger partial charge is 0.0468 e. The van der Waals surface area contributed by atoms with E-state index in [0.717, 1.165) is 26.1 Å². The largest absolute Gasteiger partial charge is 0.396 e. The summed E-state index contributed by atoms with van der Waals surface area (Å²) in [6, 6.07) is 0. The highest BCUT2D eigenvalue weighted by Gasteiger charge is 2.16. The zero-order valence-corrected chi connectivity index (χ0v) is 9.97. The van der Waals surface area contributed by atoms with Crippen LogP contribution in [0.3, 0.4) is 0 Å². The summed E-state index contributed by atoms with van der Waals surface area (Å²) in [5.74, 6) is 0.341. The second kappa shape index (κ2) is 7.21. The van der Waals surface area contributed by atoms with E-state index in [4.69, 9.17) is 9.84 Å². The van der Waals surface area contributed by atoms with Gasteiger partial charge < -0.3 is 15.2 Å². The lowest BCUT2D eigenvalue weighted by molar-refractivity contribution is 0.148. The van der Waals surface area contributed by atoms with Gasteiger partial charge in [-0.05, 0) is 24.3 Å². The first-order valence-electron chi connectivity index (χ1n) is 5.32. The average molecular weight is 203 g/mol. The summed E-state index contributed by atoms with van der Waals surface area (Å²) in [6.07, 6.45) is 1.06. The molecule has 0 amide bonds. The van der Waals surface area contributed by atoms with Gasteiger partial charge in [0.05, 0.1) is 0 Å². The molecule has 0 bridgehead atoms. The van der Waals surface area contributed by atoms with Gasteiger partial charge in [-0.15, -0.1) is 0 Å². The van der Waals surface area contributed by atoms with Gasteiger partial charge >= 0.3 is 0 Å². The summed E-state index contributed by atoms with van der Waals surface area (Å²) in [6.45, 7) is 9.41. The third-order valence-corrected chi connectivity index (χ3v) is 2.39. The summed E-state index contributed by atoms with van der Waals surface area (Å²) in [4.78, 5) is 0. The standard InChI is InChI=1S/C11H25NO2/c1-10(8-13)7-12-9-11(2,3)5-6-14-4/h10,12-13H,5-9H2,1-4H3. The van der Waals surface area contributed by atoms with Crippen LogP contribution in [0.15, 0.2) is 0 Å². The minimum atomic E-state index is 0.255. The maximum absolute atomic E-state index is 8.85. The Hall–Kier alpha value is -0.120. The van der Waals surface area contributed by atoms with Gasteiger partial charge in [0, 0.05) is 26.9 Å². The van der Waals surface area contributed by atoms with Gasteiger partial charge in [0.25, 0.3) is 0 Å². The lowest BCUT2D eigenvalue weighted by atomic mass is 9.89. The Kier molecular flexibility index (Phi) is 7.15. The Morgan fingerprint density at radius 2 is 2.07 bits per heavy atom. The normalized spacial score (nSPS) is 14.4. The number of aliphatic hydroxyl groups excluding tert-OH is 1. The summed E-state index contributed by atoms with van der Waals surface area (Å²) in [5.41, 5.74) is 0.269. The van der Waals surface area contributed by atoms with Crippen LogP contribution in [0, 0.1) is 11.3 Å². The Balaban J connectivity index is 3.54. The molecule has 3 nitrogen and oxygen atoms in total. The lowest BCUT2D eigenvalue weighted by Gasteiger charge is -2.25. The number of hydrogen-bond donors (Lipinski definition) is 2. The van der Waals surface area contributed by atoms with E-state index in [1.807, 2.05) is 6.92 Å². The summed E-state index contributed by atoms with van der Waals surface area (Å²) < 4.78 is 5.06. The van der Waals surface area contributed by atoms with E-state index in [2.05, 4.69) is 19.2 Å². The second-order valence-electron chi connectivity index (χ2n) is 4.83. The Morgan fingerprint density at radius 3 is 2.57 bits per heavy atom. The van der Waals surface area contributed by atoms with Crippen molar-refractivity contribution >= 4 is 0 Å². The number of methoxy groups -OCH3 is 1. The molecule has 0 heterocycles. The quantitative estimate of drug-likeness (QED) is 0.624. The van der Waals surface area contributed by atoms with Crippen LogP contribution < -0.4 is 5.32 Å². The fourth-order valence-corrected chi connectivity index (χ4v) is 1.19. The Bertz CT molecular complexity index is 137. The van der Waals surface area contributed by atoms with Gasteiger partial charge in [0.1, 0.15) is 0 Å². The van der Waals surface area contributed by atoms with Crippen molar-refractivity contribution in [2.75, 3.05) is 33.4 Å². The highest BCUT2D eigenvalue weighted by molar-refractivity contribution is 4.71. The number of rotatable bonds is 8. The van der Waals surface area contributed by atoms with Gasteiger partial charge in [0.2, 0.25) is 0 Å². The fourth-order valence-electron chi connectivity index (χ4n) is 1.19. The molecule has 86 valence electrons. The molecule has 3 heteroatoms. The molecule has 0 aromatic rings. The molecule has 1 unspecified atom stereocenters. The minimum absolute atomic E-state index is 0.255. The minimum Gasteiger partial charge on any atom is -0.396 e. The van der Waals surface area contributed by atoms with Crippen molar-refractivity contribution in [3.63, 3.8) is 0 Å². The third-order valence-electron chi connectivity index (χ3n) is 2.39. The summed E-state index contributed by atoms with van der Waals surface area (Å²) >= 11 is 0. The average Bonchev–Trinajstić information content (AvgIpc) is 2.14. The zero-order valence-electron chi connectivity index (χ0n) is 9.97. The van der Waals surface area contributed by atoms with Crippen LogP contribution >= 0.6 is 0 Å². The van der Waals surface area contributed by atoms with Gasteiger partial charge in [-0.2, -0.15) is 0 Å². The summed E-state index contributed by atoms with van der Waals surface area (Å²) in [7, 11) is 1.73. The van der Waals surface area contributed by atoms with E-state index >= 15 is 0 Å². The topological polar surface area (TPSA) is 41.5 Å². The first kappa shape index (κ1) is 13.9. The van der Waals surface area contributed by atoms with Crippen LogP contribution in [0.1, 0.15) is 27.2 Å². The zero-order chi connectivity index (χ0) is 11.0. The van der Waals surface area contributed by atoms with E-state index in [9.17, 15) is 0 Å². The molecule has 0 aromatic heterocycles. The molecule has 0 rings (SSSR count). The molecule has 0 spiro atoms. The number of nitrogens with one attached hydrogen (secondary N) is 1. The highest BCUT2D eigenvalue weighted by Crippen LogP contribution is 2.18. The van der Waals surface area contributed by atoms with Crippen LogP contribution in [0.5, 0.6) is 0 Å². The monoisotopic (exact) mass is 203 g/mol. The maximum atomic E-state index is 8.85. The van der Waals surface area contributed by atoms with Gasteiger partial charge in [-0.1, -0.05) is 20.8 Å². The van der Waals surface area contributed by atoms with Crippen molar-refractivity contribution in [1.82, 2.24) is 5.32 Å². The van der Waals surface area contributed by atoms with E-state index in [1.165, 1.54) is 0 Å². The van der Waals surface area contributed by atoms with Crippen LogP contribution in [0.25, 0.3) is 0 Å². The second-order valence-corrected chi connectivity index (χ2v) is 4.83. The molecule has 0 aliphatic rings. The van der Waals surface area contributed by atoms with E-state index < -0.39 is 0 Å². The predicted molar refractivity (Wildman–Crippen MR) is 59.4 cm³/mol. The predicted octanol–water partition coefficient (Wildman–Crippen LogP) is 1.27. The first-order chi connectivity index (χ1) is 6.52. The molecule has 0 aliphatic heterocycles. The van der Waals surface area contributed by atoms with Crippen molar-refractivity contribution in [3.05, 3.63) is 0 Å². The first-order valence-corrected chi connectivity index (χ1v) is 5.32. The van der Waals surface area contributed by atoms with Crippen LogP contribution in [0.2, 0.25) is 0 Å². The van der Waals surface area contributed by atoms with Crippen molar-refractivity contribution in [2.24, 2.45) is 11.3 Å². The van der Waals surface area contributed by atoms with Crippen molar-refractivity contribution in [2.45, 2.75) is 27.2 Å². The number of aliphatic hydroxyl groups is 1. The molecular weight excluding hydrogens is 178 g/mol. The summed E-state index contributed by atoms with van der Waals surface area (Å²) in [5, 5.41) is 12.2. The maximum Gasteiger partial charge on any atom is 0.0468 e. The molecule has 0 aromatic carbocycles. The Morgan fingerprint density at radius 1 is 1.43 bits per heavy atom. The molecule has 0 fully saturated rings. The number of hydrogen-bond acceptors (Lipinski definition) is 3. The van der Waals surface area contributed by atoms with Crippen molar-refractivity contribution in [1.29, 1.82) is 0 Å². The van der Waals surface area contributed by atoms with Gasteiger partial charge in [0.15, 0.2) is 0 Å². The van der Waals surface area contributed by atoms with E-state index in [-0.39, 0.29) is 12.0 Å². The molecule has 0 saturated carbocycles. The molecular formula is C11H25NO2. The Labute approximate surface area is 87.8 Å². The van der Waals surface area contributed by atoms with E-state index in [1.54, 1.807) is 7.11 Å². The molecule has 2 N–H and O–H groups in total. The van der Waals surface area contributed by atoms with Crippen LogP contribution in [-0.2, 0) is 4.74 Å². The van der Waals surface area contributed by atoms with E-state index in [0.29, 0.717) is 5.92 Å². The molecule has 14 heavy (non-hydrogen) atoms. The van der Waals surface area contributed by atoms with Gasteiger partial charge in [-0.3, -0.25) is 0 Å². The van der Waals surface area contributed by atoms with Crippen LogP contribution in [-0.4, -0.2) is 38.5 Å². The van der Waals surface area contributed by atoms with Crippen molar-refractivity contribution in [3.8, 4) is 0 Å². The number of ether oxygens (including phenoxy) is 1. The molecule has 0 saturated heterocycles. The fraction of sp³-hybridized carbons (Fsp3) is 1.00. The van der Waals surface area contributed by atoms with Crippen molar-refractivity contribution < 1.29 is 9.84 Å². The lowest BCUT2D eigenvalue weighted by Crippen LogP contribution is -2.33. The van der Waals surface area contributed by atoms with Crippen LogP contribution in [0.4, 0.5) is 0 Å². The molecule has 1 atom stereocenters.